The molecule has 0 aliphatic rings. The second kappa shape index (κ2) is 5.39. The molecule has 0 radical (unpaired) electrons. The monoisotopic (exact) mass is 276 g/mol. The molecule has 2 N–H and O–H groups in total. The first-order valence-electron chi connectivity index (χ1n) is 5.60. The fraction of sp³-hybridized carbons (Fsp3) is 0.167. The van der Waals surface area contributed by atoms with Crippen LogP contribution in [0.5, 0.6) is 17.4 Å². The van der Waals surface area contributed by atoms with Gasteiger partial charge in [-0.05, 0) is 19.1 Å². The summed E-state index contributed by atoms with van der Waals surface area (Å²) in [4.78, 5) is 18.1. The standard InChI is InChI=1S/C12H12N4O4/c1-7-11(13)14-6-15-12(7)20-8-3-4-10(19-2)9(5-8)16(17)18/h3-6H,1-2H3,(H2,13,14,15). The maximum atomic E-state index is 10.9. The maximum absolute atomic E-state index is 10.9. The van der Waals surface area contributed by atoms with Crippen molar-refractivity contribution in [3.63, 3.8) is 0 Å². The van der Waals surface area contributed by atoms with Gasteiger partial charge in [-0.1, -0.05) is 0 Å². The van der Waals surface area contributed by atoms with Crippen LogP contribution in [-0.2, 0) is 0 Å². The molecule has 1 aromatic heterocycles. The van der Waals surface area contributed by atoms with E-state index in [1.807, 2.05) is 0 Å². The number of nitrogens with two attached hydrogens (primary N) is 1. The SMILES string of the molecule is COc1ccc(Oc2ncnc(N)c2C)cc1[N+](=O)[O-]. The molecule has 1 aromatic carbocycles. The summed E-state index contributed by atoms with van der Waals surface area (Å²) in [6, 6.07) is 4.26. The van der Waals surface area contributed by atoms with Gasteiger partial charge in [0.1, 0.15) is 17.9 Å². The molecule has 2 rings (SSSR count). The first kappa shape index (κ1) is 13.5. The zero-order chi connectivity index (χ0) is 14.7. The van der Waals surface area contributed by atoms with E-state index in [-0.39, 0.29) is 28.9 Å². The highest BCUT2D eigenvalue weighted by Gasteiger charge is 2.17. The molecule has 0 spiro atoms. The van der Waals surface area contributed by atoms with Gasteiger partial charge in [0.2, 0.25) is 5.88 Å². The molecule has 20 heavy (non-hydrogen) atoms. The Hall–Kier alpha value is -2.90. The van der Waals surface area contributed by atoms with Crippen molar-refractivity contribution in [3.8, 4) is 17.4 Å². The molecule has 0 amide bonds. The molecule has 0 fully saturated rings. The van der Waals surface area contributed by atoms with E-state index in [9.17, 15) is 10.1 Å². The van der Waals surface area contributed by atoms with Crippen LogP contribution in [0.4, 0.5) is 11.5 Å². The Morgan fingerprint density at radius 1 is 1.35 bits per heavy atom. The average molecular weight is 276 g/mol. The topological polar surface area (TPSA) is 113 Å². The summed E-state index contributed by atoms with van der Waals surface area (Å²) < 4.78 is 10.4. The van der Waals surface area contributed by atoms with Gasteiger partial charge in [-0.2, -0.15) is 0 Å². The zero-order valence-electron chi connectivity index (χ0n) is 10.9. The third-order valence-electron chi connectivity index (χ3n) is 2.64. The van der Waals surface area contributed by atoms with Crippen LogP contribution in [0.25, 0.3) is 0 Å². The fourth-order valence-electron chi connectivity index (χ4n) is 1.54. The molecule has 0 aliphatic heterocycles. The summed E-state index contributed by atoms with van der Waals surface area (Å²) >= 11 is 0. The number of nitrogen functional groups attached to an aromatic ring is 1. The van der Waals surface area contributed by atoms with Crippen molar-refractivity contribution in [3.05, 3.63) is 40.2 Å². The van der Waals surface area contributed by atoms with Crippen LogP contribution < -0.4 is 15.2 Å². The average Bonchev–Trinajstić information content (AvgIpc) is 2.43. The Morgan fingerprint density at radius 3 is 2.75 bits per heavy atom. The van der Waals surface area contributed by atoms with Gasteiger partial charge in [-0.15, -0.1) is 0 Å². The van der Waals surface area contributed by atoms with Gasteiger partial charge in [0.25, 0.3) is 0 Å². The molecular formula is C12H12N4O4. The largest absolute Gasteiger partial charge is 0.490 e. The minimum atomic E-state index is -0.549. The fourth-order valence-corrected chi connectivity index (χ4v) is 1.54. The maximum Gasteiger partial charge on any atom is 0.314 e. The lowest BCUT2D eigenvalue weighted by atomic mass is 10.2. The molecule has 0 bridgehead atoms. The number of ether oxygens (including phenoxy) is 2. The minimum absolute atomic E-state index is 0.154. The second-order valence-corrected chi connectivity index (χ2v) is 3.88. The number of hydrogen-bond donors (Lipinski definition) is 1. The number of methoxy groups -OCH3 is 1. The van der Waals surface area contributed by atoms with E-state index in [2.05, 4.69) is 9.97 Å². The number of nitro groups is 1. The van der Waals surface area contributed by atoms with Crippen molar-refractivity contribution < 1.29 is 14.4 Å². The third-order valence-corrected chi connectivity index (χ3v) is 2.64. The molecule has 2 aromatic rings. The van der Waals surface area contributed by atoms with Crippen LogP contribution >= 0.6 is 0 Å². The molecule has 0 aliphatic carbocycles. The van der Waals surface area contributed by atoms with Crippen molar-refractivity contribution in [2.24, 2.45) is 0 Å². The lowest BCUT2D eigenvalue weighted by Crippen LogP contribution is -1.99. The first-order chi connectivity index (χ1) is 9.52. The summed E-state index contributed by atoms with van der Waals surface area (Å²) in [6.45, 7) is 1.70. The lowest BCUT2D eigenvalue weighted by molar-refractivity contribution is -0.385. The second-order valence-electron chi connectivity index (χ2n) is 3.88. The summed E-state index contributed by atoms with van der Waals surface area (Å²) in [5, 5.41) is 10.9. The van der Waals surface area contributed by atoms with E-state index in [1.165, 1.54) is 25.6 Å². The summed E-state index contributed by atoms with van der Waals surface area (Å²) in [6.07, 6.45) is 1.26. The number of benzene rings is 1. The molecule has 0 atom stereocenters. The predicted octanol–water partition coefficient (Wildman–Crippen LogP) is 2.08. The Bertz CT molecular complexity index is 660. The van der Waals surface area contributed by atoms with Gasteiger partial charge >= 0.3 is 5.69 Å². The van der Waals surface area contributed by atoms with Gasteiger partial charge in [0.15, 0.2) is 5.75 Å². The molecule has 8 nitrogen and oxygen atoms in total. The van der Waals surface area contributed by atoms with Crippen molar-refractivity contribution in [1.82, 2.24) is 9.97 Å². The molecule has 0 saturated heterocycles. The smallest absolute Gasteiger partial charge is 0.314 e. The predicted molar refractivity (Wildman–Crippen MR) is 70.9 cm³/mol. The summed E-state index contributed by atoms with van der Waals surface area (Å²) in [5.41, 5.74) is 6.01. The number of nitrogens with zero attached hydrogens (tertiary/aromatic N) is 3. The van der Waals surface area contributed by atoms with Gasteiger partial charge < -0.3 is 15.2 Å². The van der Waals surface area contributed by atoms with Gasteiger partial charge in [0.05, 0.1) is 23.7 Å². The zero-order valence-corrected chi connectivity index (χ0v) is 10.9. The Labute approximate surface area is 114 Å². The van der Waals surface area contributed by atoms with Crippen molar-refractivity contribution >= 4 is 11.5 Å². The molecule has 104 valence electrons. The summed E-state index contributed by atoms with van der Waals surface area (Å²) in [7, 11) is 1.36. The van der Waals surface area contributed by atoms with E-state index in [4.69, 9.17) is 15.2 Å². The van der Waals surface area contributed by atoms with E-state index in [0.717, 1.165) is 0 Å². The Balaban J connectivity index is 2.37. The molecular weight excluding hydrogens is 264 g/mol. The van der Waals surface area contributed by atoms with Crippen molar-refractivity contribution in [1.29, 1.82) is 0 Å². The van der Waals surface area contributed by atoms with Crippen LogP contribution in [0.15, 0.2) is 24.5 Å². The lowest BCUT2D eigenvalue weighted by Gasteiger charge is -2.09. The number of aromatic nitrogens is 2. The number of nitro benzene ring substituents is 1. The van der Waals surface area contributed by atoms with Crippen LogP contribution in [-0.4, -0.2) is 22.0 Å². The molecule has 0 unspecified atom stereocenters. The molecule has 0 saturated carbocycles. The minimum Gasteiger partial charge on any atom is -0.490 e. The van der Waals surface area contributed by atoms with Gasteiger partial charge in [-0.3, -0.25) is 10.1 Å². The molecule has 1 heterocycles. The molecule has 8 heteroatoms. The van der Waals surface area contributed by atoms with Crippen LogP contribution in [0.3, 0.4) is 0 Å². The van der Waals surface area contributed by atoms with Crippen molar-refractivity contribution in [2.75, 3.05) is 12.8 Å². The van der Waals surface area contributed by atoms with Crippen LogP contribution in [0.2, 0.25) is 0 Å². The first-order valence-corrected chi connectivity index (χ1v) is 5.60. The van der Waals surface area contributed by atoms with Gasteiger partial charge in [0, 0.05) is 0 Å². The third kappa shape index (κ3) is 2.58. The number of hydrogen-bond acceptors (Lipinski definition) is 7. The highest BCUT2D eigenvalue weighted by atomic mass is 16.6. The Morgan fingerprint density at radius 2 is 2.10 bits per heavy atom. The Kier molecular flexibility index (Phi) is 3.65. The number of rotatable bonds is 4. The van der Waals surface area contributed by atoms with E-state index >= 15 is 0 Å². The van der Waals surface area contributed by atoms with Crippen molar-refractivity contribution in [2.45, 2.75) is 6.92 Å². The number of anilines is 1. The highest BCUT2D eigenvalue weighted by Crippen LogP contribution is 2.33. The van der Waals surface area contributed by atoms with Gasteiger partial charge in [-0.25, -0.2) is 9.97 Å². The van der Waals surface area contributed by atoms with E-state index in [1.54, 1.807) is 13.0 Å². The quantitative estimate of drug-likeness (QED) is 0.671. The normalized spacial score (nSPS) is 10.1. The van der Waals surface area contributed by atoms with Crippen LogP contribution in [0.1, 0.15) is 5.56 Å². The van der Waals surface area contributed by atoms with E-state index < -0.39 is 4.92 Å². The van der Waals surface area contributed by atoms with E-state index in [0.29, 0.717) is 5.56 Å². The van der Waals surface area contributed by atoms with Crippen LogP contribution in [0, 0.1) is 17.0 Å². The summed E-state index contributed by atoms with van der Waals surface area (Å²) in [5.74, 6) is 0.954. The highest BCUT2D eigenvalue weighted by molar-refractivity contribution is 5.52.